The molecule has 0 aliphatic carbocycles. The van der Waals surface area contributed by atoms with Crippen molar-refractivity contribution in [2.75, 3.05) is 0 Å². The fourth-order valence-corrected chi connectivity index (χ4v) is 2.80. The number of aryl methyl sites for hydroxylation is 1. The number of carbonyl (C=O) groups is 1. The van der Waals surface area contributed by atoms with E-state index in [4.69, 9.17) is 16.3 Å². The number of hydrogen-bond acceptors (Lipinski definition) is 3. The van der Waals surface area contributed by atoms with Crippen LogP contribution in [0.3, 0.4) is 0 Å². The molecule has 0 saturated carbocycles. The Kier molecular flexibility index (Phi) is 5.76. The number of nitrogens with zero attached hydrogens (tertiary/aromatic N) is 2. The topological polar surface area (TPSA) is 56.1 Å². The minimum atomic E-state index is -0.791. The molecule has 0 saturated heterocycles. The Morgan fingerprint density at radius 3 is 2.56 bits per heavy atom. The lowest BCUT2D eigenvalue weighted by Crippen LogP contribution is -2.40. The van der Waals surface area contributed by atoms with Crippen molar-refractivity contribution >= 4 is 17.5 Å². The van der Waals surface area contributed by atoms with E-state index >= 15 is 0 Å². The van der Waals surface area contributed by atoms with Gasteiger partial charge in [-0.2, -0.15) is 0 Å². The molecule has 1 N–H and O–H groups in total. The average Bonchev–Trinajstić information content (AvgIpc) is 3.08. The number of hydrogen-bond donors (Lipinski definition) is 1. The van der Waals surface area contributed by atoms with Crippen LogP contribution >= 0.6 is 11.6 Å². The first-order chi connectivity index (χ1) is 13.0. The second-order valence-corrected chi connectivity index (χ2v) is 6.51. The van der Waals surface area contributed by atoms with E-state index in [1.165, 1.54) is 6.07 Å². The van der Waals surface area contributed by atoms with E-state index in [0.29, 0.717) is 22.2 Å². The van der Waals surface area contributed by atoms with Gasteiger partial charge in [0, 0.05) is 30.0 Å². The number of imidazole rings is 1. The molecule has 0 spiro atoms. The molecular formula is C20H19ClFN3O2. The molecule has 7 heteroatoms. The predicted molar refractivity (Wildman–Crippen MR) is 101 cm³/mol. The number of rotatable bonds is 6. The second kappa shape index (κ2) is 8.22. The van der Waals surface area contributed by atoms with Crippen LogP contribution in [0.4, 0.5) is 4.39 Å². The van der Waals surface area contributed by atoms with Gasteiger partial charge in [0.1, 0.15) is 23.4 Å². The van der Waals surface area contributed by atoms with Gasteiger partial charge >= 0.3 is 0 Å². The summed E-state index contributed by atoms with van der Waals surface area (Å²) < 4.78 is 21.8. The number of carbonyl (C=O) groups excluding carboxylic acids is 1. The van der Waals surface area contributed by atoms with Gasteiger partial charge in [0.05, 0.1) is 0 Å². The predicted octanol–water partition coefficient (Wildman–Crippen LogP) is 3.89. The molecule has 2 aromatic carbocycles. The molecule has 0 unspecified atom stereocenters. The summed E-state index contributed by atoms with van der Waals surface area (Å²) in [5.41, 5.74) is 0.332. The highest BCUT2D eigenvalue weighted by atomic mass is 35.5. The van der Waals surface area contributed by atoms with Crippen LogP contribution in [0.15, 0.2) is 60.9 Å². The van der Waals surface area contributed by atoms with Crippen LogP contribution in [0.5, 0.6) is 5.75 Å². The Bertz CT molecular complexity index is 927. The van der Waals surface area contributed by atoms with Gasteiger partial charge in [0.25, 0.3) is 5.91 Å². The maximum absolute atomic E-state index is 14.4. The molecule has 0 fully saturated rings. The van der Waals surface area contributed by atoms with Gasteiger partial charge in [-0.15, -0.1) is 0 Å². The normalized spacial score (nSPS) is 13.0. The number of ether oxygens (including phenoxy) is 1. The van der Waals surface area contributed by atoms with Crippen molar-refractivity contribution in [3.8, 4) is 5.75 Å². The van der Waals surface area contributed by atoms with Crippen molar-refractivity contribution in [3.63, 3.8) is 0 Å². The molecule has 1 aromatic heterocycles. The van der Waals surface area contributed by atoms with Crippen LogP contribution < -0.4 is 10.1 Å². The van der Waals surface area contributed by atoms with Crippen molar-refractivity contribution in [1.29, 1.82) is 0 Å². The van der Waals surface area contributed by atoms with Crippen molar-refractivity contribution in [2.24, 2.45) is 7.05 Å². The van der Waals surface area contributed by atoms with Crippen molar-refractivity contribution in [3.05, 3.63) is 83.2 Å². The quantitative estimate of drug-likeness (QED) is 0.698. The zero-order valence-electron chi connectivity index (χ0n) is 14.9. The van der Waals surface area contributed by atoms with Gasteiger partial charge < -0.3 is 14.6 Å². The third kappa shape index (κ3) is 4.46. The summed E-state index contributed by atoms with van der Waals surface area (Å²) in [6.07, 6.45) is 2.55. The first kappa shape index (κ1) is 18.9. The van der Waals surface area contributed by atoms with E-state index in [9.17, 15) is 9.18 Å². The fourth-order valence-electron chi connectivity index (χ4n) is 2.68. The average molecular weight is 388 g/mol. The van der Waals surface area contributed by atoms with Crippen LogP contribution in [-0.2, 0) is 11.8 Å². The Balaban J connectivity index is 1.81. The molecule has 140 valence electrons. The molecule has 27 heavy (non-hydrogen) atoms. The number of benzene rings is 2. The number of amides is 1. The standard InChI is InChI=1S/C20H19ClFN3O2/c1-13(27-15-9-7-14(21)8-10-15)20(26)24-18(19-23-11-12-25(19)2)16-5-3-4-6-17(16)22/h3-13,18H,1-2H3,(H,24,26)/t13-,18+/m0/s1. The van der Waals surface area contributed by atoms with Crippen LogP contribution in [0.1, 0.15) is 24.4 Å². The molecule has 3 aromatic rings. The highest BCUT2D eigenvalue weighted by molar-refractivity contribution is 6.30. The van der Waals surface area contributed by atoms with Crippen molar-refractivity contribution < 1.29 is 13.9 Å². The Hall–Kier alpha value is -2.86. The molecule has 5 nitrogen and oxygen atoms in total. The molecule has 0 aliphatic rings. The van der Waals surface area contributed by atoms with Crippen LogP contribution in [0, 0.1) is 5.82 Å². The summed E-state index contributed by atoms with van der Waals surface area (Å²) in [5, 5.41) is 3.41. The molecule has 2 atom stereocenters. The fraction of sp³-hybridized carbons (Fsp3) is 0.200. The Morgan fingerprint density at radius 1 is 1.22 bits per heavy atom. The van der Waals surface area contributed by atoms with E-state index in [-0.39, 0.29) is 5.91 Å². The zero-order valence-corrected chi connectivity index (χ0v) is 15.7. The van der Waals surface area contributed by atoms with E-state index in [1.807, 2.05) is 0 Å². The molecule has 3 rings (SSSR count). The first-order valence-electron chi connectivity index (χ1n) is 8.40. The summed E-state index contributed by atoms with van der Waals surface area (Å²) >= 11 is 5.85. The smallest absolute Gasteiger partial charge is 0.261 e. The summed E-state index contributed by atoms with van der Waals surface area (Å²) in [7, 11) is 1.79. The Labute approximate surface area is 161 Å². The van der Waals surface area contributed by atoms with E-state index in [1.54, 1.807) is 73.4 Å². The molecule has 0 aliphatic heterocycles. The Morgan fingerprint density at radius 2 is 1.93 bits per heavy atom. The molecule has 1 heterocycles. The molecular weight excluding hydrogens is 369 g/mol. The summed E-state index contributed by atoms with van der Waals surface area (Å²) in [5.74, 6) is 0.229. The molecule has 1 amide bonds. The highest BCUT2D eigenvalue weighted by Crippen LogP contribution is 2.24. The maximum Gasteiger partial charge on any atom is 0.261 e. The summed E-state index contributed by atoms with van der Waals surface area (Å²) in [6, 6.07) is 12.3. The summed E-state index contributed by atoms with van der Waals surface area (Å²) in [4.78, 5) is 17.0. The van der Waals surface area contributed by atoms with Crippen LogP contribution in [0.2, 0.25) is 5.02 Å². The largest absolute Gasteiger partial charge is 0.481 e. The van der Waals surface area contributed by atoms with Gasteiger partial charge in [-0.1, -0.05) is 29.8 Å². The minimum absolute atomic E-state index is 0.332. The lowest BCUT2D eigenvalue weighted by atomic mass is 10.0. The van der Waals surface area contributed by atoms with Crippen molar-refractivity contribution in [1.82, 2.24) is 14.9 Å². The van der Waals surface area contributed by atoms with E-state index < -0.39 is 18.0 Å². The highest BCUT2D eigenvalue weighted by Gasteiger charge is 2.26. The zero-order chi connectivity index (χ0) is 19.4. The lowest BCUT2D eigenvalue weighted by molar-refractivity contribution is -0.127. The molecule has 0 radical (unpaired) electrons. The van der Waals surface area contributed by atoms with Gasteiger partial charge in [0.15, 0.2) is 6.10 Å². The number of aromatic nitrogens is 2. The SMILES string of the molecule is C[C@H](Oc1ccc(Cl)cc1)C(=O)N[C@H](c1ccccc1F)c1nccn1C. The lowest BCUT2D eigenvalue weighted by Gasteiger charge is -2.22. The van der Waals surface area contributed by atoms with Gasteiger partial charge in [0.2, 0.25) is 0 Å². The molecule has 0 bridgehead atoms. The van der Waals surface area contributed by atoms with E-state index in [0.717, 1.165) is 0 Å². The van der Waals surface area contributed by atoms with Crippen LogP contribution in [0.25, 0.3) is 0 Å². The van der Waals surface area contributed by atoms with Gasteiger partial charge in [-0.25, -0.2) is 9.37 Å². The second-order valence-electron chi connectivity index (χ2n) is 6.07. The first-order valence-corrected chi connectivity index (χ1v) is 8.77. The third-order valence-electron chi connectivity index (χ3n) is 4.12. The maximum atomic E-state index is 14.4. The minimum Gasteiger partial charge on any atom is -0.481 e. The van der Waals surface area contributed by atoms with Gasteiger partial charge in [-0.3, -0.25) is 4.79 Å². The monoisotopic (exact) mass is 387 g/mol. The van der Waals surface area contributed by atoms with Crippen LogP contribution in [-0.4, -0.2) is 21.6 Å². The number of nitrogens with one attached hydrogen (secondary N) is 1. The summed E-state index contributed by atoms with van der Waals surface area (Å²) in [6.45, 7) is 1.63. The third-order valence-corrected chi connectivity index (χ3v) is 4.37. The number of halogens is 2. The van der Waals surface area contributed by atoms with Gasteiger partial charge in [-0.05, 0) is 37.3 Å². The van der Waals surface area contributed by atoms with E-state index in [2.05, 4.69) is 10.3 Å². The van der Waals surface area contributed by atoms with Crippen molar-refractivity contribution in [2.45, 2.75) is 19.1 Å².